The highest BCUT2D eigenvalue weighted by Crippen LogP contribution is 2.37. The summed E-state index contributed by atoms with van der Waals surface area (Å²) in [6, 6.07) is 25.2. The lowest BCUT2D eigenvalue weighted by Gasteiger charge is -2.27. The lowest BCUT2D eigenvalue weighted by molar-refractivity contribution is -0.572. The Balaban J connectivity index is 0.00000187. The van der Waals surface area contributed by atoms with Gasteiger partial charge in [0.1, 0.15) is 11.8 Å². The maximum Gasteiger partial charge on any atom is 0.133 e. The molecule has 33 heavy (non-hydrogen) atoms. The molecule has 3 heteroatoms. The Morgan fingerprint density at radius 1 is 1.00 bits per heavy atom. The summed E-state index contributed by atoms with van der Waals surface area (Å²) in [4.78, 5) is 0. The van der Waals surface area contributed by atoms with Crippen molar-refractivity contribution in [1.29, 1.82) is 5.26 Å². The molecule has 172 valence electrons. The number of quaternary nitrogens is 1. The van der Waals surface area contributed by atoms with Crippen molar-refractivity contribution >= 4 is 22.1 Å². The minimum absolute atomic E-state index is 0.0651. The SMILES string of the molecule is CC.CCC[NH2+]c1ccc2ccccc2c1C(C)(C)C/C=C/C(C#N)=C/Nc1ccccc1. The summed E-state index contributed by atoms with van der Waals surface area (Å²) in [6.45, 7) is 11.9. The van der Waals surface area contributed by atoms with Crippen LogP contribution >= 0.6 is 0 Å². The molecule has 0 fully saturated rings. The minimum atomic E-state index is -0.0651. The second kappa shape index (κ2) is 13.3. The first kappa shape index (κ1) is 25.9. The smallest absolute Gasteiger partial charge is 0.133 e. The van der Waals surface area contributed by atoms with Crippen LogP contribution in [-0.4, -0.2) is 6.54 Å². The first-order valence-corrected chi connectivity index (χ1v) is 12.0. The van der Waals surface area contributed by atoms with Gasteiger partial charge in [-0.15, -0.1) is 0 Å². The lowest BCUT2D eigenvalue weighted by Crippen LogP contribution is -2.78. The third-order valence-electron chi connectivity index (χ3n) is 5.51. The molecule has 0 saturated carbocycles. The molecule has 0 radical (unpaired) electrons. The monoisotopic (exact) mass is 440 g/mol. The number of nitrogens with one attached hydrogen (secondary N) is 1. The maximum absolute atomic E-state index is 9.52. The van der Waals surface area contributed by atoms with E-state index in [1.54, 1.807) is 6.20 Å². The number of fused-ring (bicyclic) bond motifs is 1. The molecule has 3 nitrogen and oxygen atoms in total. The Labute approximate surface area is 199 Å². The summed E-state index contributed by atoms with van der Waals surface area (Å²) in [7, 11) is 0. The van der Waals surface area contributed by atoms with Crippen LogP contribution in [0.25, 0.3) is 10.8 Å². The minimum Gasteiger partial charge on any atom is -0.360 e. The fourth-order valence-electron chi connectivity index (χ4n) is 3.91. The quantitative estimate of drug-likeness (QED) is 0.210. The molecule has 0 heterocycles. The highest BCUT2D eigenvalue weighted by atomic mass is 14.9. The zero-order valence-corrected chi connectivity index (χ0v) is 20.7. The van der Waals surface area contributed by atoms with Crippen molar-refractivity contribution in [1.82, 2.24) is 0 Å². The van der Waals surface area contributed by atoms with E-state index in [1.165, 1.54) is 22.0 Å². The van der Waals surface area contributed by atoms with Gasteiger partial charge in [-0.3, -0.25) is 0 Å². The molecule has 0 aliphatic rings. The van der Waals surface area contributed by atoms with E-state index in [9.17, 15) is 5.26 Å². The van der Waals surface area contributed by atoms with Gasteiger partial charge in [0.15, 0.2) is 0 Å². The molecular formula is C30H38N3+. The number of hydrogen-bond acceptors (Lipinski definition) is 2. The van der Waals surface area contributed by atoms with Crippen molar-refractivity contribution in [3.8, 4) is 6.07 Å². The van der Waals surface area contributed by atoms with Crippen molar-refractivity contribution in [2.24, 2.45) is 0 Å². The van der Waals surface area contributed by atoms with E-state index in [0.717, 1.165) is 25.1 Å². The van der Waals surface area contributed by atoms with Crippen LogP contribution in [-0.2, 0) is 5.41 Å². The van der Waals surface area contributed by atoms with Crippen LogP contribution in [0.5, 0.6) is 0 Å². The molecule has 0 spiro atoms. The van der Waals surface area contributed by atoms with Gasteiger partial charge in [-0.1, -0.05) is 83.2 Å². The maximum atomic E-state index is 9.52. The van der Waals surface area contributed by atoms with Crippen LogP contribution < -0.4 is 10.6 Å². The van der Waals surface area contributed by atoms with Gasteiger partial charge in [0, 0.05) is 17.5 Å². The summed E-state index contributed by atoms with van der Waals surface area (Å²) in [6.07, 6.45) is 7.78. The van der Waals surface area contributed by atoms with Crippen LogP contribution in [0.15, 0.2) is 90.7 Å². The Kier molecular flexibility index (Phi) is 10.4. The first-order valence-electron chi connectivity index (χ1n) is 12.0. The number of hydrogen-bond donors (Lipinski definition) is 2. The molecule has 0 unspecified atom stereocenters. The number of nitrogens with zero attached hydrogens (tertiary/aromatic N) is 1. The molecular weight excluding hydrogens is 402 g/mol. The molecule has 0 atom stereocenters. The molecule has 3 rings (SSSR count). The van der Waals surface area contributed by atoms with E-state index >= 15 is 0 Å². The van der Waals surface area contributed by atoms with E-state index < -0.39 is 0 Å². The normalized spacial score (nSPS) is 11.7. The van der Waals surface area contributed by atoms with E-state index in [0.29, 0.717) is 5.57 Å². The Morgan fingerprint density at radius 3 is 2.39 bits per heavy atom. The van der Waals surface area contributed by atoms with Gasteiger partial charge in [-0.2, -0.15) is 5.26 Å². The molecule has 0 saturated heterocycles. The van der Waals surface area contributed by atoms with E-state index in [2.05, 4.69) is 79.9 Å². The molecule has 0 aromatic heterocycles. The third-order valence-corrected chi connectivity index (χ3v) is 5.51. The largest absolute Gasteiger partial charge is 0.360 e. The van der Waals surface area contributed by atoms with Gasteiger partial charge in [0.2, 0.25) is 0 Å². The van der Waals surface area contributed by atoms with Crippen LogP contribution in [0.2, 0.25) is 0 Å². The van der Waals surface area contributed by atoms with Gasteiger partial charge in [-0.05, 0) is 59.4 Å². The molecule has 3 aromatic carbocycles. The standard InChI is InChI=1S/C28H31N3.C2H6/c1-4-19-30-26-17-16-23-12-8-9-15-25(23)27(26)28(2,3)18-10-11-22(20-29)21-31-24-13-6-5-7-14-24;1-2/h5-17,21,30-31H,4,18-19H2,1-3H3;1-2H3/p+1/b11-10+,22-21-;. The average molecular weight is 441 g/mol. The summed E-state index contributed by atoms with van der Waals surface area (Å²) >= 11 is 0. The van der Waals surface area contributed by atoms with Gasteiger partial charge < -0.3 is 10.6 Å². The highest BCUT2D eigenvalue weighted by Gasteiger charge is 2.27. The molecule has 0 amide bonds. The van der Waals surface area contributed by atoms with Crippen molar-refractivity contribution in [2.75, 3.05) is 11.9 Å². The van der Waals surface area contributed by atoms with Crippen molar-refractivity contribution < 1.29 is 5.32 Å². The van der Waals surface area contributed by atoms with E-state index in [-0.39, 0.29) is 5.41 Å². The Morgan fingerprint density at radius 2 is 1.70 bits per heavy atom. The predicted molar refractivity (Wildman–Crippen MR) is 143 cm³/mol. The van der Waals surface area contributed by atoms with Crippen molar-refractivity contribution in [2.45, 2.75) is 52.9 Å². The second-order valence-corrected chi connectivity index (χ2v) is 8.46. The number of anilines is 1. The summed E-state index contributed by atoms with van der Waals surface area (Å²) in [5, 5.41) is 17.7. The zero-order valence-electron chi connectivity index (χ0n) is 20.7. The van der Waals surface area contributed by atoms with Crippen molar-refractivity contribution in [3.63, 3.8) is 0 Å². The fourth-order valence-corrected chi connectivity index (χ4v) is 3.91. The second-order valence-electron chi connectivity index (χ2n) is 8.46. The van der Waals surface area contributed by atoms with Crippen LogP contribution in [0.4, 0.5) is 11.4 Å². The molecule has 0 aliphatic carbocycles. The Bertz CT molecular complexity index is 1100. The van der Waals surface area contributed by atoms with Gasteiger partial charge in [0.05, 0.1) is 12.1 Å². The van der Waals surface area contributed by atoms with Crippen LogP contribution in [0.1, 0.15) is 53.0 Å². The number of nitrogens with two attached hydrogens (primary N) is 1. The number of para-hydroxylation sites is 1. The van der Waals surface area contributed by atoms with Gasteiger partial charge >= 0.3 is 0 Å². The average Bonchev–Trinajstić information content (AvgIpc) is 2.86. The van der Waals surface area contributed by atoms with E-state index in [4.69, 9.17) is 0 Å². The number of nitriles is 1. The summed E-state index contributed by atoms with van der Waals surface area (Å²) < 4.78 is 0. The third kappa shape index (κ3) is 7.34. The topological polar surface area (TPSA) is 52.4 Å². The summed E-state index contributed by atoms with van der Waals surface area (Å²) in [5.41, 5.74) is 4.21. The molecule has 0 aliphatic heterocycles. The molecule has 3 aromatic rings. The van der Waals surface area contributed by atoms with Crippen LogP contribution in [0.3, 0.4) is 0 Å². The Hall–Kier alpha value is -3.35. The molecule has 3 N–H and O–H groups in total. The summed E-state index contributed by atoms with van der Waals surface area (Å²) in [5.74, 6) is 0. The lowest BCUT2D eigenvalue weighted by atomic mass is 9.78. The van der Waals surface area contributed by atoms with E-state index in [1.807, 2.05) is 50.3 Å². The number of allylic oxidation sites excluding steroid dienone is 3. The number of rotatable bonds is 9. The number of benzene rings is 3. The highest BCUT2D eigenvalue weighted by molar-refractivity contribution is 5.89. The zero-order chi connectivity index (χ0) is 24.1. The predicted octanol–water partition coefficient (Wildman–Crippen LogP) is 7.21. The first-order chi connectivity index (χ1) is 16.0. The fraction of sp³-hybridized carbons (Fsp3) is 0.300. The van der Waals surface area contributed by atoms with Gasteiger partial charge in [0.25, 0.3) is 0 Å². The van der Waals surface area contributed by atoms with Crippen LogP contribution in [0, 0.1) is 11.3 Å². The van der Waals surface area contributed by atoms with Crippen molar-refractivity contribution in [3.05, 3.63) is 96.2 Å². The molecule has 0 bridgehead atoms. The van der Waals surface area contributed by atoms with Gasteiger partial charge in [-0.25, -0.2) is 0 Å².